The average molecular weight is 333 g/mol. The summed E-state index contributed by atoms with van der Waals surface area (Å²) in [6.45, 7) is 7.80. The molecule has 6 nitrogen and oxygen atoms in total. The number of likely N-dealkylation sites (N-methyl/N-ethyl adjacent to an activating group) is 1. The van der Waals surface area contributed by atoms with Crippen molar-refractivity contribution in [2.75, 3.05) is 25.0 Å². The van der Waals surface area contributed by atoms with Crippen molar-refractivity contribution in [3.8, 4) is 0 Å². The molecule has 1 heterocycles. The number of ether oxygens (including phenoxy) is 1. The molecule has 0 bridgehead atoms. The normalized spacial score (nSPS) is 16.9. The fourth-order valence-corrected chi connectivity index (χ4v) is 2.64. The van der Waals surface area contributed by atoms with E-state index < -0.39 is 0 Å². The van der Waals surface area contributed by atoms with E-state index >= 15 is 0 Å². The first-order valence-corrected chi connectivity index (χ1v) is 8.58. The number of hydrogen-bond acceptors (Lipinski definition) is 3. The van der Waals surface area contributed by atoms with Crippen LogP contribution < -0.4 is 10.6 Å². The van der Waals surface area contributed by atoms with Crippen LogP contribution in [0, 0.1) is 0 Å². The molecule has 3 amide bonds. The minimum Gasteiger partial charge on any atom is -0.376 e. The number of anilines is 1. The first-order chi connectivity index (χ1) is 11.5. The van der Waals surface area contributed by atoms with Crippen molar-refractivity contribution in [3.05, 3.63) is 29.8 Å². The van der Waals surface area contributed by atoms with Gasteiger partial charge in [0.15, 0.2) is 0 Å². The molecule has 2 N–H and O–H groups in total. The Morgan fingerprint density at radius 1 is 1.29 bits per heavy atom. The van der Waals surface area contributed by atoms with Gasteiger partial charge in [-0.1, -0.05) is 0 Å². The van der Waals surface area contributed by atoms with Crippen LogP contribution in [0.4, 0.5) is 10.5 Å². The fourth-order valence-electron chi connectivity index (χ4n) is 2.64. The van der Waals surface area contributed by atoms with E-state index in [1.807, 2.05) is 20.8 Å². The van der Waals surface area contributed by atoms with Gasteiger partial charge < -0.3 is 20.3 Å². The molecule has 1 aromatic carbocycles. The molecule has 0 spiro atoms. The maximum atomic E-state index is 12.4. The van der Waals surface area contributed by atoms with Crippen LogP contribution in [0.2, 0.25) is 0 Å². The zero-order chi connectivity index (χ0) is 17.5. The van der Waals surface area contributed by atoms with Gasteiger partial charge in [-0.25, -0.2) is 4.79 Å². The molecule has 1 atom stereocenters. The molecule has 0 radical (unpaired) electrons. The van der Waals surface area contributed by atoms with E-state index in [0.717, 1.165) is 19.4 Å². The summed E-state index contributed by atoms with van der Waals surface area (Å²) in [6.07, 6.45) is 2.20. The highest BCUT2D eigenvalue weighted by molar-refractivity contribution is 5.95. The summed E-state index contributed by atoms with van der Waals surface area (Å²) < 4.78 is 5.59. The summed E-state index contributed by atoms with van der Waals surface area (Å²) in [7, 11) is 0. The van der Waals surface area contributed by atoms with E-state index in [9.17, 15) is 9.59 Å². The summed E-state index contributed by atoms with van der Waals surface area (Å²) in [5, 5.41) is 5.71. The lowest BCUT2D eigenvalue weighted by atomic mass is 10.2. The van der Waals surface area contributed by atoms with Crippen LogP contribution in [0.5, 0.6) is 0 Å². The van der Waals surface area contributed by atoms with Gasteiger partial charge in [-0.3, -0.25) is 4.79 Å². The standard InChI is InChI=1S/C18H27N3O3/c1-4-21(12-16-6-5-11-24-16)18(23)20-15-9-7-14(8-10-15)17(22)19-13(2)3/h7-10,13,16H,4-6,11-12H2,1-3H3,(H,19,22)(H,20,23)/t16-/m1/s1. The van der Waals surface area contributed by atoms with Gasteiger partial charge >= 0.3 is 6.03 Å². The predicted molar refractivity (Wildman–Crippen MR) is 94.3 cm³/mol. The van der Waals surface area contributed by atoms with Gasteiger partial charge in [0.2, 0.25) is 0 Å². The van der Waals surface area contributed by atoms with E-state index in [0.29, 0.717) is 24.3 Å². The third kappa shape index (κ3) is 5.23. The maximum Gasteiger partial charge on any atom is 0.321 e. The number of hydrogen-bond donors (Lipinski definition) is 2. The van der Waals surface area contributed by atoms with Crippen molar-refractivity contribution in [2.24, 2.45) is 0 Å². The molecule has 24 heavy (non-hydrogen) atoms. The Morgan fingerprint density at radius 3 is 2.54 bits per heavy atom. The number of nitrogens with one attached hydrogen (secondary N) is 2. The van der Waals surface area contributed by atoms with Crippen molar-refractivity contribution in [2.45, 2.75) is 45.8 Å². The van der Waals surface area contributed by atoms with E-state index in [4.69, 9.17) is 4.74 Å². The molecule has 0 unspecified atom stereocenters. The van der Waals surface area contributed by atoms with Gasteiger partial charge in [0.25, 0.3) is 5.91 Å². The van der Waals surface area contributed by atoms with Gasteiger partial charge in [-0.15, -0.1) is 0 Å². The second-order valence-electron chi connectivity index (χ2n) is 6.31. The molecule has 2 rings (SSSR count). The minimum atomic E-state index is -0.146. The SMILES string of the molecule is CCN(C[C@H]1CCCO1)C(=O)Nc1ccc(C(=O)NC(C)C)cc1. The van der Waals surface area contributed by atoms with Gasteiger partial charge in [-0.2, -0.15) is 0 Å². The lowest BCUT2D eigenvalue weighted by molar-refractivity contribution is 0.0849. The zero-order valence-corrected chi connectivity index (χ0v) is 14.7. The highest BCUT2D eigenvalue weighted by Gasteiger charge is 2.21. The molecule has 0 saturated carbocycles. The van der Waals surface area contributed by atoms with Crippen molar-refractivity contribution in [3.63, 3.8) is 0 Å². The molecule has 0 aromatic heterocycles. The number of amides is 3. The first kappa shape index (κ1) is 18.3. The van der Waals surface area contributed by atoms with Crippen molar-refractivity contribution < 1.29 is 14.3 Å². The number of carbonyl (C=O) groups excluding carboxylic acids is 2. The molecule has 132 valence electrons. The maximum absolute atomic E-state index is 12.4. The van der Waals surface area contributed by atoms with Crippen molar-refractivity contribution in [1.82, 2.24) is 10.2 Å². The molecular weight excluding hydrogens is 306 g/mol. The van der Waals surface area contributed by atoms with Crippen LogP contribution >= 0.6 is 0 Å². The lowest BCUT2D eigenvalue weighted by Gasteiger charge is -2.24. The van der Waals surface area contributed by atoms with Crippen LogP contribution in [0.1, 0.15) is 44.0 Å². The Morgan fingerprint density at radius 2 is 2.00 bits per heavy atom. The van der Waals surface area contributed by atoms with Crippen molar-refractivity contribution >= 4 is 17.6 Å². The number of benzene rings is 1. The smallest absolute Gasteiger partial charge is 0.321 e. The topological polar surface area (TPSA) is 70.7 Å². The Bertz CT molecular complexity index is 551. The molecule has 1 aliphatic heterocycles. The van der Waals surface area contributed by atoms with E-state index in [1.165, 1.54) is 0 Å². The summed E-state index contributed by atoms with van der Waals surface area (Å²) in [5.74, 6) is -0.114. The number of nitrogens with zero attached hydrogens (tertiary/aromatic N) is 1. The summed E-state index contributed by atoms with van der Waals surface area (Å²) >= 11 is 0. The Labute approximate surface area is 143 Å². The van der Waals surface area contributed by atoms with Gasteiger partial charge in [0.05, 0.1) is 6.10 Å². The molecule has 1 saturated heterocycles. The third-order valence-electron chi connectivity index (χ3n) is 3.94. The second-order valence-corrected chi connectivity index (χ2v) is 6.31. The van der Waals surface area contributed by atoms with E-state index in [-0.39, 0.29) is 24.1 Å². The molecule has 1 fully saturated rings. The average Bonchev–Trinajstić information content (AvgIpc) is 3.05. The van der Waals surface area contributed by atoms with Crippen LogP contribution in [0.15, 0.2) is 24.3 Å². The quantitative estimate of drug-likeness (QED) is 0.841. The van der Waals surface area contributed by atoms with Crippen LogP contribution in [-0.4, -0.2) is 48.7 Å². The summed E-state index contributed by atoms with van der Waals surface area (Å²) in [6, 6.07) is 6.85. The second kappa shape index (κ2) is 8.68. The fraction of sp³-hybridized carbons (Fsp3) is 0.556. The van der Waals surface area contributed by atoms with E-state index in [1.54, 1.807) is 29.2 Å². The molecule has 1 aromatic rings. The Balaban J connectivity index is 1.91. The summed E-state index contributed by atoms with van der Waals surface area (Å²) in [4.78, 5) is 26.0. The van der Waals surface area contributed by atoms with Gasteiger partial charge in [-0.05, 0) is 57.9 Å². The number of carbonyl (C=O) groups is 2. The zero-order valence-electron chi connectivity index (χ0n) is 14.7. The lowest BCUT2D eigenvalue weighted by Crippen LogP contribution is -2.40. The first-order valence-electron chi connectivity index (χ1n) is 8.58. The number of rotatable bonds is 6. The highest BCUT2D eigenvalue weighted by Crippen LogP contribution is 2.15. The van der Waals surface area contributed by atoms with Crippen molar-refractivity contribution in [1.29, 1.82) is 0 Å². The predicted octanol–water partition coefficient (Wildman–Crippen LogP) is 2.86. The molecule has 0 aliphatic carbocycles. The summed E-state index contributed by atoms with van der Waals surface area (Å²) in [5.41, 5.74) is 1.25. The monoisotopic (exact) mass is 333 g/mol. The van der Waals surface area contributed by atoms with E-state index in [2.05, 4.69) is 10.6 Å². The van der Waals surface area contributed by atoms with Crippen LogP contribution in [-0.2, 0) is 4.74 Å². The Kier molecular flexibility index (Phi) is 6.61. The molecular formula is C18H27N3O3. The number of urea groups is 1. The van der Waals surface area contributed by atoms with Gasteiger partial charge in [0, 0.05) is 37.0 Å². The van der Waals surface area contributed by atoms with Crippen LogP contribution in [0.25, 0.3) is 0 Å². The largest absolute Gasteiger partial charge is 0.376 e. The molecule has 1 aliphatic rings. The third-order valence-corrected chi connectivity index (χ3v) is 3.94. The minimum absolute atomic E-state index is 0.0906. The molecule has 6 heteroatoms. The van der Waals surface area contributed by atoms with Crippen LogP contribution in [0.3, 0.4) is 0 Å². The Hall–Kier alpha value is -2.08. The highest BCUT2D eigenvalue weighted by atomic mass is 16.5. The van der Waals surface area contributed by atoms with Gasteiger partial charge in [0.1, 0.15) is 0 Å².